The summed E-state index contributed by atoms with van der Waals surface area (Å²) >= 11 is 2.06. The molecule has 0 aliphatic carbocycles. The minimum absolute atomic E-state index is 0.743. The minimum atomic E-state index is 0.743. The molecule has 0 bridgehead atoms. The third kappa shape index (κ3) is 3.77. The van der Waals surface area contributed by atoms with Gasteiger partial charge in [0.05, 0.1) is 0 Å². The van der Waals surface area contributed by atoms with Gasteiger partial charge in [-0.2, -0.15) is 11.8 Å². The first-order chi connectivity index (χ1) is 8.28. The lowest BCUT2D eigenvalue weighted by Crippen LogP contribution is -2.15. The zero-order chi connectivity index (χ0) is 12.1. The monoisotopic (exact) mass is 252 g/mol. The predicted molar refractivity (Wildman–Crippen MR) is 74.9 cm³/mol. The lowest BCUT2D eigenvalue weighted by molar-refractivity contribution is 0.802. The van der Waals surface area contributed by atoms with Gasteiger partial charge in [0.25, 0.3) is 0 Å². The molecule has 1 saturated heterocycles. The van der Waals surface area contributed by atoms with Crippen LogP contribution in [-0.4, -0.2) is 34.1 Å². The number of thioether (sulfide) groups is 1. The van der Waals surface area contributed by atoms with E-state index in [4.69, 9.17) is 0 Å². The van der Waals surface area contributed by atoms with Crippen LogP contribution in [0.5, 0.6) is 0 Å². The average molecular weight is 252 g/mol. The zero-order valence-corrected chi connectivity index (χ0v) is 11.3. The topological polar surface area (TPSA) is 49.8 Å². The molecule has 0 amide bonds. The van der Waals surface area contributed by atoms with Gasteiger partial charge in [-0.15, -0.1) is 0 Å². The van der Waals surface area contributed by atoms with Gasteiger partial charge in [0, 0.05) is 24.4 Å². The molecule has 0 radical (unpaired) electrons. The Balaban J connectivity index is 1.94. The lowest BCUT2D eigenvalue weighted by atomic mass is 10.2. The van der Waals surface area contributed by atoms with Gasteiger partial charge >= 0.3 is 0 Å². The van der Waals surface area contributed by atoms with E-state index in [1.54, 1.807) is 0 Å². The van der Waals surface area contributed by atoms with Gasteiger partial charge in [-0.25, -0.2) is 9.97 Å². The van der Waals surface area contributed by atoms with E-state index in [1.807, 2.05) is 13.0 Å². The summed E-state index contributed by atoms with van der Waals surface area (Å²) in [6, 6.07) is 1.98. The predicted octanol–water partition coefficient (Wildman–Crippen LogP) is 2.52. The fourth-order valence-corrected chi connectivity index (χ4v) is 3.15. The molecule has 1 aliphatic rings. The molecule has 1 aliphatic heterocycles. The first-order valence-electron chi connectivity index (χ1n) is 6.23. The van der Waals surface area contributed by atoms with Crippen LogP contribution in [-0.2, 0) is 0 Å². The van der Waals surface area contributed by atoms with Crippen LogP contribution in [0.4, 0.5) is 11.6 Å². The normalized spacial score (nSPS) is 19.3. The van der Waals surface area contributed by atoms with Crippen molar-refractivity contribution in [1.29, 1.82) is 0 Å². The number of nitrogens with zero attached hydrogens (tertiary/aromatic N) is 2. The minimum Gasteiger partial charge on any atom is -0.370 e. The molecule has 1 aromatic heterocycles. The smallest absolute Gasteiger partial charge is 0.131 e. The van der Waals surface area contributed by atoms with Gasteiger partial charge in [0.15, 0.2) is 0 Å². The summed E-state index contributed by atoms with van der Waals surface area (Å²) in [6.07, 6.45) is 2.67. The first-order valence-corrected chi connectivity index (χ1v) is 7.28. The van der Waals surface area contributed by atoms with Gasteiger partial charge in [0.2, 0.25) is 0 Å². The van der Waals surface area contributed by atoms with Crippen LogP contribution in [0, 0.1) is 6.92 Å². The Hall–Kier alpha value is -0.970. The van der Waals surface area contributed by atoms with Gasteiger partial charge in [-0.1, -0.05) is 0 Å². The summed E-state index contributed by atoms with van der Waals surface area (Å²) in [4.78, 5) is 8.74. The van der Waals surface area contributed by atoms with E-state index in [1.165, 1.54) is 18.6 Å². The number of aryl methyl sites for hydroxylation is 1. The van der Waals surface area contributed by atoms with Crippen molar-refractivity contribution in [1.82, 2.24) is 9.97 Å². The van der Waals surface area contributed by atoms with Gasteiger partial charge in [0.1, 0.15) is 17.5 Å². The Labute approximate surface area is 107 Å². The maximum absolute atomic E-state index is 4.41. The second-order valence-corrected chi connectivity index (χ2v) is 5.64. The maximum Gasteiger partial charge on any atom is 0.131 e. The van der Waals surface area contributed by atoms with Gasteiger partial charge in [-0.05, 0) is 32.4 Å². The zero-order valence-electron chi connectivity index (χ0n) is 10.5. The molecule has 5 heteroatoms. The molecule has 1 atom stereocenters. The number of rotatable bonds is 5. The number of hydrogen-bond acceptors (Lipinski definition) is 5. The molecule has 2 N–H and O–H groups in total. The number of hydrogen-bond donors (Lipinski definition) is 2. The number of anilines is 2. The molecule has 2 rings (SSSR count). The van der Waals surface area contributed by atoms with E-state index in [2.05, 4.69) is 39.3 Å². The molecule has 17 heavy (non-hydrogen) atoms. The van der Waals surface area contributed by atoms with Gasteiger partial charge in [-0.3, -0.25) is 0 Å². The van der Waals surface area contributed by atoms with E-state index in [0.29, 0.717) is 0 Å². The standard InChI is InChI=1S/C12H20N4S/c1-3-13-11-7-12(16-9(2)15-11)14-8-10-5-4-6-17-10/h7,10H,3-6,8H2,1-2H3,(H2,13,14,15,16). The summed E-state index contributed by atoms with van der Waals surface area (Å²) in [7, 11) is 0. The van der Waals surface area contributed by atoms with Crippen molar-refractivity contribution >= 4 is 23.4 Å². The first kappa shape index (κ1) is 12.5. The second-order valence-electron chi connectivity index (χ2n) is 4.23. The molecule has 94 valence electrons. The SMILES string of the molecule is CCNc1cc(NCC2CCCS2)nc(C)n1. The summed E-state index contributed by atoms with van der Waals surface area (Å²) in [6.45, 7) is 5.89. The average Bonchev–Trinajstić information content (AvgIpc) is 2.79. The molecule has 0 spiro atoms. The molecule has 2 heterocycles. The van der Waals surface area contributed by atoms with E-state index in [-0.39, 0.29) is 0 Å². The van der Waals surface area contributed by atoms with Crippen LogP contribution in [0.15, 0.2) is 6.07 Å². The summed E-state index contributed by atoms with van der Waals surface area (Å²) < 4.78 is 0. The lowest BCUT2D eigenvalue weighted by Gasteiger charge is -2.12. The van der Waals surface area contributed by atoms with Crippen molar-refractivity contribution in [2.75, 3.05) is 29.5 Å². The van der Waals surface area contributed by atoms with E-state index >= 15 is 0 Å². The Kier molecular flexibility index (Phi) is 4.48. The van der Waals surface area contributed by atoms with Crippen molar-refractivity contribution in [3.63, 3.8) is 0 Å². The Morgan fingerprint density at radius 1 is 1.35 bits per heavy atom. The molecule has 0 saturated carbocycles. The van der Waals surface area contributed by atoms with Crippen molar-refractivity contribution < 1.29 is 0 Å². The van der Waals surface area contributed by atoms with Crippen LogP contribution in [0.1, 0.15) is 25.6 Å². The number of aromatic nitrogens is 2. The molecule has 0 aromatic carbocycles. The largest absolute Gasteiger partial charge is 0.370 e. The Morgan fingerprint density at radius 3 is 2.76 bits per heavy atom. The second kappa shape index (κ2) is 6.10. The highest BCUT2D eigenvalue weighted by Crippen LogP contribution is 2.26. The molecular formula is C12H20N4S. The fraction of sp³-hybridized carbons (Fsp3) is 0.667. The highest BCUT2D eigenvalue weighted by atomic mass is 32.2. The Morgan fingerprint density at radius 2 is 2.12 bits per heavy atom. The summed E-state index contributed by atoms with van der Waals surface area (Å²) in [5.41, 5.74) is 0. The highest BCUT2D eigenvalue weighted by molar-refractivity contribution is 8.00. The van der Waals surface area contributed by atoms with Crippen LogP contribution in [0.3, 0.4) is 0 Å². The number of nitrogens with one attached hydrogen (secondary N) is 2. The molecule has 4 nitrogen and oxygen atoms in total. The van der Waals surface area contributed by atoms with Crippen molar-refractivity contribution in [2.45, 2.75) is 31.9 Å². The molecule has 1 unspecified atom stereocenters. The van der Waals surface area contributed by atoms with E-state index in [9.17, 15) is 0 Å². The van der Waals surface area contributed by atoms with Crippen molar-refractivity contribution in [2.24, 2.45) is 0 Å². The van der Waals surface area contributed by atoms with Crippen LogP contribution in [0.2, 0.25) is 0 Å². The fourth-order valence-electron chi connectivity index (χ4n) is 1.95. The van der Waals surface area contributed by atoms with Crippen molar-refractivity contribution in [3.8, 4) is 0 Å². The molecule has 1 aromatic rings. The van der Waals surface area contributed by atoms with E-state index < -0.39 is 0 Å². The Bertz CT molecular complexity index is 364. The van der Waals surface area contributed by atoms with Crippen molar-refractivity contribution in [3.05, 3.63) is 11.9 Å². The summed E-state index contributed by atoms with van der Waals surface area (Å²) in [5.74, 6) is 3.95. The van der Waals surface area contributed by atoms with Gasteiger partial charge < -0.3 is 10.6 Å². The highest BCUT2D eigenvalue weighted by Gasteiger charge is 2.15. The van der Waals surface area contributed by atoms with Crippen LogP contribution in [0.25, 0.3) is 0 Å². The molecular weight excluding hydrogens is 232 g/mol. The van der Waals surface area contributed by atoms with Crippen LogP contribution < -0.4 is 10.6 Å². The quantitative estimate of drug-likeness (QED) is 0.843. The van der Waals surface area contributed by atoms with Crippen LogP contribution >= 0.6 is 11.8 Å². The maximum atomic E-state index is 4.41. The summed E-state index contributed by atoms with van der Waals surface area (Å²) in [5, 5.41) is 7.38. The molecule has 1 fully saturated rings. The third-order valence-electron chi connectivity index (χ3n) is 2.73. The van der Waals surface area contributed by atoms with E-state index in [0.717, 1.165) is 35.8 Å². The third-order valence-corrected chi connectivity index (χ3v) is 4.13.